The van der Waals surface area contributed by atoms with Gasteiger partial charge in [0.2, 0.25) is 0 Å². The molecule has 0 spiro atoms. The number of hydrogen-bond acceptors (Lipinski definition) is 1. The van der Waals surface area contributed by atoms with Crippen LogP contribution in [-0.2, 0) is 0 Å². The smallest absolute Gasteiger partial charge is 0.101 e. The maximum Gasteiger partial charge on any atom is 0.101 e. The summed E-state index contributed by atoms with van der Waals surface area (Å²) in [6, 6.07) is 0. The Morgan fingerprint density at radius 3 is 2.20 bits per heavy atom. The van der Waals surface area contributed by atoms with E-state index in [1.807, 2.05) is 0 Å². The van der Waals surface area contributed by atoms with Gasteiger partial charge in [0.05, 0.1) is 5.75 Å². The van der Waals surface area contributed by atoms with Gasteiger partial charge in [-0.3, -0.25) is 4.39 Å². The molecule has 0 aliphatic heterocycles. The summed E-state index contributed by atoms with van der Waals surface area (Å²) in [4.78, 5) is 0. The van der Waals surface area contributed by atoms with Crippen molar-refractivity contribution in [3.05, 3.63) is 0 Å². The second-order valence-corrected chi connectivity index (χ2v) is 1.13. The summed E-state index contributed by atoms with van der Waals surface area (Å²) in [5.41, 5.74) is 0. The van der Waals surface area contributed by atoms with Crippen LogP contribution in [0.5, 0.6) is 0 Å². The van der Waals surface area contributed by atoms with E-state index in [9.17, 15) is 8.28 Å². The van der Waals surface area contributed by atoms with Crippen LogP contribution in [0.2, 0.25) is 0 Å². The fraction of sp³-hybridized carbons (Fsp3) is 1.00. The first-order valence-corrected chi connectivity index (χ1v) is 2.10. The van der Waals surface area contributed by atoms with Crippen molar-refractivity contribution in [2.75, 3.05) is 12.4 Å². The molecule has 0 nitrogen and oxygen atoms in total. The predicted molar refractivity (Wildman–Crippen MR) is 19.5 cm³/mol. The second kappa shape index (κ2) is 4.21. The highest BCUT2D eigenvalue weighted by Gasteiger charge is 1.76. The summed E-state index contributed by atoms with van der Waals surface area (Å²) >= 11 is 0.0266. The van der Waals surface area contributed by atoms with Gasteiger partial charge in [0.15, 0.2) is 0 Å². The Balaban J connectivity index is 2.19. The molecule has 3 heteroatoms. The van der Waals surface area contributed by atoms with E-state index in [4.69, 9.17) is 0 Å². The standard InChI is InChI=1S/C2H4F2S/c3-1-2-5-4/h1-2H2. The first kappa shape index (κ1) is 5.21. The molecule has 0 unspecified atom stereocenters. The quantitative estimate of drug-likeness (QED) is 0.505. The molecule has 0 aliphatic carbocycles. The Morgan fingerprint density at radius 2 is 2.20 bits per heavy atom. The fourth-order valence-corrected chi connectivity index (χ4v) is 0.0875. The Hall–Kier alpha value is 0.210. The van der Waals surface area contributed by atoms with Crippen LogP contribution in [0.1, 0.15) is 0 Å². The lowest BCUT2D eigenvalue weighted by atomic mass is 10.9. The molecule has 0 rings (SSSR count). The van der Waals surface area contributed by atoms with Crippen LogP contribution in [0.3, 0.4) is 0 Å². The van der Waals surface area contributed by atoms with Crippen LogP contribution < -0.4 is 0 Å². The summed E-state index contributed by atoms with van der Waals surface area (Å²) in [6.45, 7) is -0.568. The summed E-state index contributed by atoms with van der Waals surface area (Å²) in [7, 11) is 0. The Kier molecular flexibility index (Phi) is 4.39. The van der Waals surface area contributed by atoms with E-state index < -0.39 is 6.67 Å². The zero-order chi connectivity index (χ0) is 4.12. The van der Waals surface area contributed by atoms with Gasteiger partial charge in [-0.25, -0.2) is 0 Å². The third-order valence-corrected chi connectivity index (χ3v) is 0.463. The molecule has 0 heterocycles. The minimum atomic E-state index is -0.568. The van der Waals surface area contributed by atoms with Gasteiger partial charge >= 0.3 is 0 Å². The maximum atomic E-state index is 10.7. The summed E-state index contributed by atoms with van der Waals surface area (Å²) in [5.74, 6) is -0.0278. The molecule has 0 atom stereocenters. The van der Waals surface area contributed by atoms with Crippen molar-refractivity contribution in [3.63, 3.8) is 0 Å². The van der Waals surface area contributed by atoms with Crippen LogP contribution in [0.25, 0.3) is 0 Å². The van der Waals surface area contributed by atoms with Gasteiger partial charge in [-0.1, -0.05) is 0 Å². The molecule has 0 aromatic rings. The zero-order valence-electron chi connectivity index (χ0n) is 2.58. The van der Waals surface area contributed by atoms with Crippen LogP contribution in [-0.4, -0.2) is 12.4 Å². The lowest BCUT2D eigenvalue weighted by Crippen LogP contribution is -1.70. The highest BCUT2D eigenvalue weighted by Crippen LogP contribution is 1.96. The Labute approximate surface area is 33.9 Å². The van der Waals surface area contributed by atoms with Crippen molar-refractivity contribution in [3.8, 4) is 0 Å². The zero-order valence-corrected chi connectivity index (χ0v) is 3.39. The minimum Gasteiger partial charge on any atom is -0.250 e. The third-order valence-electron chi connectivity index (χ3n) is 0.154. The van der Waals surface area contributed by atoms with E-state index in [1.54, 1.807) is 0 Å². The summed E-state index contributed by atoms with van der Waals surface area (Å²) in [6.07, 6.45) is 0. The van der Waals surface area contributed by atoms with Gasteiger partial charge in [0.1, 0.15) is 6.67 Å². The molecule has 0 N–H and O–H groups in total. The first-order valence-electron chi connectivity index (χ1n) is 1.21. The molecule has 0 saturated carbocycles. The SMILES string of the molecule is FCCSF. The molecule has 0 amide bonds. The minimum absolute atomic E-state index is 0.0266. The van der Waals surface area contributed by atoms with Crippen molar-refractivity contribution < 1.29 is 8.28 Å². The highest BCUT2D eigenvalue weighted by atomic mass is 32.2. The highest BCUT2D eigenvalue weighted by molar-refractivity contribution is 7.94. The average molecular weight is 98.1 g/mol. The molecule has 0 saturated heterocycles. The van der Waals surface area contributed by atoms with Crippen molar-refractivity contribution in [2.24, 2.45) is 0 Å². The molecule has 0 aliphatic rings. The van der Waals surface area contributed by atoms with Gasteiger partial charge in [-0.2, -0.15) is 3.89 Å². The first-order chi connectivity index (χ1) is 2.41. The molecule has 0 radical (unpaired) electrons. The van der Waals surface area contributed by atoms with Crippen LogP contribution in [0, 0.1) is 0 Å². The Bertz CT molecular complexity index is 15.1. The molecular formula is C2H4F2S. The summed E-state index contributed by atoms with van der Waals surface area (Å²) < 4.78 is 21.4. The molecule has 5 heavy (non-hydrogen) atoms. The molecule has 0 aromatic heterocycles. The molecule has 32 valence electrons. The van der Waals surface area contributed by atoms with E-state index in [2.05, 4.69) is 0 Å². The fourth-order valence-electron chi connectivity index (χ4n) is 0.0292. The van der Waals surface area contributed by atoms with Gasteiger partial charge in [-0.15, -0.1) is 0 Å². The van der Waals surface area contributed by atoms with Crippen molar-refractivity contribution in [1.82, 2.24) is 0 Å². The van der Waals surface area contributed by atoms with Crippen molar-refractivity contribution >= 4 is 12.1 Å². The van der Waals surface area contributed by atoms with E-state index in [0.29, 0.717) is 0 Å². The summed E-state index contributed by atoms with van der Waals surface area (Å²) in [5, 5.41) is 0. The lowest BCUT2D eigenvalue weighted by Gasteiger charge is -1.72. The van der Waals surface area contributed by atoms with E-state index in [1.165, 1.54) is 0 Å². The van der Waals surface area contributed by atoms with E-state index in [-0.39, 0.29) is 17.9 Å². The predicted octanol–water partition coefficient (Wildman–Crippen LogP) is 1.57. The molecule has 0 fully saturated rings. The number of alkyl halides is 1. The van der Waals surface area contributed by atoms with Gasteiger partial charge in [-0.05, 0) is 0 Å². The molecule has 0 aromatic carbocycles. The number of rotatable bonds is 2. The average Bonchev–Trinajstić information content (AvgIpc) is 1.41. The van der Waals surface area contributed by atoms with Crippen LogP contribution in [0.4, 0.5) is 8.28 Å². The number of hydrogen-bond donors (Lipinski definition) is 0. The van der Waals surface area contributed by atoms with E-state index >= 15 is 0 Å². The van der Waals surface area contributed by atoms with Gasteiger partial charge in [0, 0.05) is 12.1 Å². The monoisotopic (exact) mass is 98.0 g/mol. The van der Waals surface area contributed by atoms with Gasteiger partial charge in [0.25, 0.3) is 0 Å². The van der Waals surface area contributed by atoms with Crippen molar-refractivity contribution in [2.45, 2.75) is 0 Å². The normalized spacial score (nSPS) is 8.40. The second-order valence-electron chi connectivity index (χ2n) is 0.502. The van der Waals surface area contributed by atoms with Crippen LogP contribution in [0.15, 0.2) is 0 Å². The van der Waals surface area contributed by atoms with Gasteiger partial charge < -0.3 is 0 Å². The topological polar surface area (TPSA) is 0 Å². The maximum absolute atomic E-state index is 10.7. The molecule has 0 bridgehead atoms. The molecular weight excluding hydrogens is 94.1 g/mol. The lowest BCUT2D eigenvalue weighted by molar-refractivity contribution is 0.531. The number of halogens is 2. The Morgan fingerprint density at radius 1 is 1.60 bits per heavy atom. The third kappa shape index (κ3) is 4.21. The van der Waals surface area contributed by atoms with E-state index in [0.717, 1.165) is 0 Å². The largest absolute Gasteiger partial charge is 0.250 e. The van der Waals surface area contributed by atoms with Crippen molar-refractivity contribution in [1.29, 1.82) is 0 Å². The van der Waals surface area contributed by atoms with Crippen LogP contribution >= 0.6 is 12.1 Å².